The molecule has 0 amide bonds. The largest absolute Gasteiger partial charge is 0.287 e. The highest BCUT2D eigenvalue weighted by Gasteiger charge is 2.15. The van der Waals surface area contributed by atoms with Gasteiger partial charge in [0.2, 0.25) is 5.78 Å². The van der Waals surface area contributed by atoms with Crippen molar-refractivity contribution in [1.29, 1.82) is 0 Å². The summed E-state index contributed by atoms with van der Waals surface area (Å²) in [6.07, 6.45) is 0. The average Bonchev–Trinajstić information content (AvgIpc) is 2.74. The molecule has 0 aliphatic rings. The van der Waals surface area contributed by atoms with Gasteiger partial charge in [-0.05, 0) is 30.7 Å². The molecule has 0 radical (unpaired) electrons. The molecule has 5 heteroatoms. The molecule has 0 aliphatic carbocycles. The molecular weight excluding hydrogens is 271 g/mol. The van der Waals surface area contributed by atoms with Crippen LogP contribution in [-0.2, 0) is 0 Å². The number of ketones is 1. The highest BCUT2D eigenvalue weighted by atomic mass is 35.5. The van der Waals surface area contributed by atoms with Gasteiger partial charge >= 0.3 is 0 Å². The van der Waals surface area contributed by atoms with Crippen LogP contribution in [0.5, 0.6) is 0 Å². The monoisotopic (exact) mass is 276 g/mol. The van der Waals surface area contributed by atoms with E-state index in [1.54, 1.807) is 12.1 Å². The van der Waals surface area contributed by atoms with Crippen molar-refractivity contribution in [1.82, 2.24) is 0 Å². The summed E-state index contributed by atoms with van der Waals surface area (Å²) in [5.41, 5.74) is 0.938. The van der Waals surface area contributed by atoms with Crippen molar-refractivity contribution in [2.45, 2.75) is 6.92 Å². The van der Waals surface area contributed by atoms with E-state index in [0.29, 0.717) is 18.4 Å². The second-order valence-electron chi connectivity index (χ2n) is 3.00. The zero-order chi connectivity index (χ0) is 11.0. The molecule has 1 nitrogen and oxygen atoms in total. The van der Waals surface area contributed by atoms with Crippen molar-refractivity contribution >= 4 is 51.7 Å². The molecule has 2 heterocycles. The van der Waals surface area contributed by atoms with Gasteiger partial charge in [-0.25, -0.2) is 0 Å². The molecule has 0 bridgehead atoms. The van der Waals surface area contributed by atoms with Gasteiger partial charge in [0.1, 0.15) is 0 Å². The summed E-state index contributed by atoms with van der Waals surface area (Å²) < 4.78 is 1.29. The smallest absolute Gasteiger partial charge is 0.212 e. The van der Waals surface area contributed by atoms with E-state index in [0.717, 1.165) is 5.56 Å². The fourth-order valence-corrected chi connectivity index (χ4v) is 3.35. The van der Waals surface area contributed by atoms with Gasteiger partial charge in [-0.1, -0.05) is 23.2 Å². The topological polar surface area (TPSA) is 17.1 Å². The predicted molar refractivity (Wildman–Crippen MR) is 66.8 cm³/mol. The van der Waals surface area contributed by atoms with Gasteiger partial charge in [-0.15, -0.1) is 22.7 Å². The molecule has 0 spiro atoms. The highest BCUT2D eigenvalue weighted by Crippen LogP contribution is 2.31. The van der Waals surface area contributed by atoms with Crippen molar-refractivity contribution in [3.05, 3.63) is 42.2 Å². The first kappa shape index (κ1) is 11.1. The number of aryl methyl sites for hydroxylation is 1. The van der Waals surface area contributed by atoms with Gasteiger partial charge in [0.25, 0.3) is 0 Å². The van der Waals surface area contributed by atoms with Crippen molar-refractivity contribution in [2.75, 3.05) is 0 Å². The van der Waals surface area contributed by atoms with Crippen LogP contribution in [0.3, 0.4) is 0 Å². The van der Waals surface area contributed by atoms with Crippen LogP contribution in [-0.4, -0.2) is 5.78 Å². The SMILES string of the molecule is Cc1cc(C(=O)c2ccc(Cl)s2)sc1Cl. The van der Waals surface area contributed by atoms with Crippen molar-refractivity contribution in [3.63, 3.8) is 0 Å². The van der Waals surface area contributed by atoms with Crippen LogP contribution in [0, 0.1) is 6.92 Å². The van der Waals surface area contributed by atoms with Gasteiger partial charge in [-0.2, -0.15) is 0 Å². The molecule has 0 saturated carbocycles. The van der Waals surface area contributed by atoms with Crippen LogP contribution in [0.4, 0.5) is 0 Å². The normalized spacial score (nSPS) is 10.6. The summed E-state index contributed by atoms with van der Waals surface area (Å²) in [6, 6.07) is 5.27. The van der Waals surface area contributed by atoms with E-state index in [1.807, 2.05) is 13.0 Å². The van der Waals surface area contributed by atoms with Gasteiger partial charge in [0.15, 0.2) is 0 Å². The number of thiophene rings is 2. The maximum absolute atomic E-state index is 11.9. The molecule has 0 N–H and O–H groups in total. The molecule has 0 aliphatic heterocycles. The van der Waals surface area contributed by atoms with Crippen molar-refractivity contribution in [2.24, 2.45) is 0 Å². The molecule has 0 unspecified atom stereocenters. The molecule has 2 rings (SSSR count). The summed E-state index contributed by atoms with van der Waals surface area (Å²) in [7, 11) is 0. The van der Waals surface area contributed by atoms with E-state index in [-0.39, 0.29) is 5.78 Å². The Hall–Kier alpha value is -0.350. The van der Waals surface area contributed by atoms with E-state index in [9.17, 15) is 4.79 Å². The van der Waals surface area contributed by atoms with Crippen LogP contribution in [0.2, 0.25) is 8.67 Å². The maximum atomic E-state index is 11.9. The zero-order valence-electron chi connectivity index (χ0n) is 7.71. The lowest BCUT2D eigenvalue weighted by molar-refractivity contribution is 0.104. The Balaban J connectivity index is 2.36. The van der Waals surface area contributed by atoms with Gasteiger partial charge < -0.3 is 0 Å². The second kappa shape index (κ2) is 4.26. The minimum absolute atomic E-state index is 0.00750. The fourth-order valence-electron chi connectivity index (χ4n) is 1.13. The molecule has 2 aromatic heterocycles. The van der Waals surface area contributed by atoms with Crippen LogP contribution in [0.25, 0.3) is 0 Å². The number of carbonyl (C=O) groups is 1. The van der Waals surface area contributed by atoms with Crippen LogP contribution in [0.1, 0.15) is 20.1 Å². The third-order valence-corrected chi connectivity index (χ3v) is 4.66. The highest BCUT2D eigenvalue weighted by molar-refractivity contribution is 7.21. The first-order valence-corrected chi connectivity index (χ1v) is 6.53. The number of halogens is 2. The van der Waals surface area contributed by atoms with Gasteiger partial charge in [-0.3, -0.25) is 4.79 Å². The molecule has 0 fully saturated rings. The quantitative estimate of drug-likeness (QED) is 0.730. The second-order valence-corrected chi connectivity index (χ2v) is 6.37. The maximum Gasteiger partial charge on any atom is 0.212 e. The molecule has 78 valence electrons. The molecule has 15 heavy (non-hydrogen) atoms. The van der Waals surface area contributed by atoms with Crippen molar-refractivity contribution in [3.8, 4) is 0 Å². The van der Waals surface area contributed by atoms with Gasteiger partial charge in [0, 0.05) is 0 Å². The van der Waals surface area contributed by atoms with Crippen molar-refractivity contribution < 1.29 is 4.79 Å². The summed E-state index contributed by atoms with van der Waals surface area (Å²) >= 11 is 14.3. The molecule has 0 atom stereocenters. The van der Waals surface area contributed by atoms with Crippen LogP contribution in [0.15, 0.2) is 18.2 Å². The number of rotatable bonds is 2. The fraction of sp³-hybridized carbons (Fsp3) is 0.100. The third kappa shape index (κ3) is 2.26. The lowest BCUT2D eigenvalue weighted by atomic mass is 10.2. The van der Waals surface area contributed by atoms with E-state index < -0.39 is 0 Å². The lowest BCUT2D eigenvalue weighted by Gasteiger charge is -1.90. The van der Waals surface area contributed by atoms with E-state index in [4.69, 9.17) is 23.2 Å². The van der Waals surface area contributed by atoms with E-state index >= 15 is 0 Å². The first-order chi connectivity index (χ1) is 7.08. The third-order valence-electron chi connectivity index (χ3n) is 1.88. The van der Waals surface area contributed by atoms with E-state index in [2.05, 4.69) is 0 Å². The Morgan fingerprint density at radius 2 is 1.93 bits per heavy atom. The molecule has 0 saturated heterocycles. The molecule has 2 aromatic rings. The van der Waals surface area contributed by atoms with Crippen LogP contribution >= 0.6 is 45.9 Å². The zero-order valence-corrected chi connectivity index (χ0v) is 10.9. The number of carbonyl (C=O) groups excluding carboxylic acids is 1. The molecule has 0 aromatic carbocycles. The number of hydrogen-bond acceptors (Lipinski definition) is 3. The van der Waals surface area contributed by atoms with Gasteiger partial charge in [0.05, 0.1) is 18.4 Å². The van der Waals surface area contributed by atoms with E-state index in [1.165, 1.54) is 22.7 Å². The Morgan fingerprint density at radius 3 is 2.40 bits per heavy atom. The summed E-state index contributed by atoms with van der Waals surface area (Å²) in [5.74, 6) is -0.00750. The first-order valence-electron chi connectivity index (χ1n) is 4.14. The number of hydrogen-bond donors (Lipinski definition) is 0. The standard InChI is InChI=1S/C10H6Cl2OS2/c1-5-4-7(15-10(5)12)9(13)6-2-3-8(11)14-6/h2-4H,1H3. The summed E-state index contributed by atoms with van der Waals surface area (Å²) in [4.78, 5) is 13.2. The summed E-state index contributed by atoms with van der Waals surface area (Å²) in [5, 5.41) is 0. The molecular formula is C10H6Cl2OS2. The predicted octanol–water partition coefficient (Wildman–Crippen LogP) is 4.66. The minimum Gasteiger partial charge on any atom is -0.287 e. The lowest BCUT2D eigenvalue weighted by Crippen LogP contribution is -1.93. The Kier molecular flexibility index (Phi) is 3.16. The Morgan fingerprint density at radius 1 is 1.20 bits per heavy atom. The Bertz CT molecular complexity index is 494. The minimum atomic E-state index is -0.00750. The van der Waals surface area contributed by atoms with Crippen LogP contribution < -0.4 is 0 Å². The summed E-state index contributed by atoms with van der Waals surface area (Å²) in [6.45, 7) is 1.89. The average molecular weight is 277 g/mol. The Labute approximate surface area is 105 Å².